The minimum atomic E-state index is -0.219. The summed E-state index contributed by atoms with van der Waals surface area (Å²) < 4.78 is 10.0. The molecule has 1 amide bonds. The van der Waals surface area contributed by atoms with E-state index in [1.807, 2.05) is 18.2 Å². The average Bonchev–Trinajstić information content (AvgIpc) is 3.00. The summed E-state index contributed by atoms with van der Waals surface area (Å²) in [6.07, 6.45) is 2.88. The molecule has 1 saturated heterocycles. The first kappa shape index (κ1) is 19.1. The Morgan fingerprint density at radius 3 is 2.85 bits per heavy atom. The van der Waals surface area contributed by atoms with E-state index >= 15 is 0 Å². The normalized spacial score (nSPS) is 17.5. The zero-order chi connectivity index (χ0) is 19.4. The SMILES string of the molecule is COC(=O)C1CCCCN1Cc1cccc(C(=O)Nc2c(C)noc2C)c1. The summed E-state index contributed by atoms with van der Waals surface area (Å²) >= 11 is 0. The molecule has 144 valence electrons. The van der Waals surface area contributed by atoms with Crippen molar-refractivity contribution < 1.29 is 18.8 Å². The molecule has 1 aliphatic rings. The number of hydrogen-bond acceptors (Lipinski definition) is 6. The Labute approximate surface area is 158 Å². The van der Waals surface area contributed by atoms with Gasteiger partial charge in [-0.25, -0.2) is 0 Å². The van der Waals surface area contributed by atoms with Crippen molar-refractivity contribution in [2.75, 3.05) is 19.0 Å². The number of carbonyl (C=O) groups excluding carboxylic acids is 2. The van der Waals surface area contributed by atoms with Crippen molar-refractivity contribution in [3.05, 3.63) is 46.8 Å². The van der Waals surface area contributed by atoms with E-state index in [0.717, 1.165) is 31.4 Å². The van der Waals surface area contributed by atoms with Crippen LogP contribution in [0.3, 0.4) is 0 Å². The monoisotopic (exact) mass is 371 g/mol. The molecule has 7 heteroatoms. The Hall–Kier alpha value is -2.67. The van der Waals surface area contributed by atoms with Crippen LogP contribution in [-0.2, 0) is 16.1 Å². The molecule has 1 aromatic carbocycles. The molecule has 1 atom stereocenters. The smallest absolute Gasteiger partial charge is 0.323 e. The fourth-order valence-corrected chi connectivity index (χ4v) is 3.48. The van der Waals surface area contributed by atoms with Gasteiger partial charge in [-0.1, -0.05) is 23.7 Å². The summed E-state index contributed by atoms with van der Waals surface area (Å²) in [5.74, 6) is 0.169. The van der Waals surface area contributed by atoms with Gasteiger partial charge >= 0.3 is 5.97 Å². The minimum Gasteiger partial charge on any atom is -0.468 e. The van der Waals surface area contributed by atoms with E-state index in [0.29, 0.717) is 29.2 Å². The molecule has 3 rings (SSSR count). The maximum Gasteiger partial charge on any atom is 0.323 e. The van der Waals surface area contributed by atoms with Gasteiger partial charge in [0.15, 0.2) is 5.76 Å². The summed E-state index contributed by atoms with van der Waals surface area (Å²) in [5.41, 5.74) is 2.79. The highest BCUT2D eigenvalue weighted by Gasteiger charge is 2.29. The zero-order valence-electron chi connectivity index (χ0n) is 15.9. The number of amides is 1. The molecule has 0 saturated carbocycles. The molecule has 1 fully saturated rings. The molecule has 0 aliphatic carbocycles. The largest absolute Gasteiger partial charge is 0.468 e. The fourth-order valence-electron chi connectivity index (χ4n) is 3.48. The molecule has 0 radical (unpaired) electrons. The lowest BCUT2D eigenvalue weighted by Gasteiger charge is -2.33. The lowest BCUT2D eigenvalue weighted by atomic mass is 10.0. The van der Waals surface area contributed by atoms with Crippen LogP contribution in [0.1, 0.15) is 46.6 Å². The van der Waals surface area contributed by atoms with Crippen molar-refractivity contribution in [1.82, 2.24) is 10.1 Å². The molecule has 27 heavy (non-hydrogen) atoms. The van der Waals surface area contributed by atoms with Gasteiger partial charge < -0.3 is 14.6 Å². The van der Waals surface area contributed by atoms with E-state index < -0.39 is 0 Å². The molecule has 7 nitrogen and oxygen atoms in total. The lowest BCUT2D eigenvalue weighted by molar-refractivity contribution is -0.148. The molecule has 1 aromatic heterocycles. The molecular formula is C20H25N3O4. The van der Waals surface area contributed by atoms with Crippen LogP contribution in [0.2, 0.25) is 0 Å². The number of anilines is 1. The Bertz CT molecular complexity index is 811. The predicted octanol–water partition coefficient (Wildman–Crippen LogP) is 3.07. The van der Waals surface area contributed by atoms with Crippen LogP contribution in [0, 0.1) is 13.8 Å². The average molecular weight is 371 g/mol. The number of esters is 1. The number of aromatic nitrogens is 1. The molecule has 1 unspecified atom stereocenters. The zero-order valence-corrected chi connectivity index (χ0v) is 15.9. The summed E-state index contributed by atoms with van der Waals surface area (Å²) in [4.78, 5) is 26.8. The van der Waals surface area contributed by atoms with Crippen LogP contribution in [0.15, 0.2) is 28.8 Å². The van der Waals surface area contributed by atoms with Gasteiger partial charge in [-0.3, -0.25) is 14.5 Å². The molecule has 1 aliphatic heterocycles. The van der Waals surface area contributed by atoms with E-state index in [1.165, 1.54) is 7.11 Å². The Balaban J connectivity index is 1.73. The number of rotatable bonds is 5. The molecule has 2 heterocycles. The summed E-state index contributed by atoms with van der Waals surface area (Å²) in [6, 6.07) is 7.23. The van der Waals surface area contributed by atoms with Gasteiger partial charge in [-0.15, -0.1) is 0 Å². The molecule has 0 bridgehead atoms. The quantitative estimate of drug-likeness (QED) is 0.813. The van der Waals surface area contributed by atoms with Gasteiger partial charge in [0, 0.05) is 12.1 Å². The van der Waals surface area contributed by atoms with E-state index in [2.05, 4.69) is 15.4 Å². The second kappa shape index (κ2) is 8.35. The first-order valence-electron chi connectivity index (χ1n) is 9.14. The van der Waals surface area contributed by atoms with Crippen molar-refractivity contribution in [1.29, 1.82) is 0 Å². The first-order chi connectivity index (χ1) is 13.0. The number of nitrogens with zero attached hydrogens (tertiary/aromatic N) is 2. The summed E-state index contributed by atoms with van der Waals surface area (Å²) in [7, 11) is 1.43. The number of nitrogens with one attached hydrogen (secondary N) is 1. The summed E-state index contributed by atoms with van der Waals surface area (Å²) in [6.45, 7) is 4.99. The highest BCUT2D eigenvalue weighted by Crippen LogP contribution is 2.22. The predicted molar refractivity (Wildman–Crippen MR) is 100 cm³/mol. The van der Waals surface area contributed by atoms with Crippen LogP contribution >= 0.6 is 0 Å². The van der Waals surface area contributed by atoms with Gasteiger partial charge in [0.1, 0.15) is 17.4 Å². The number of piperidine rings is 1. The van der Waals surface area contributed by atoms with Crippen LogP contribution in [-0.4, -0.2) is 41.6 Å². The van der Waals surface area contributed by atoms with Gasteiger partial charge in [0.05, 0.1) is 7.11 Å². The number of ether oxygens (including phenoxy) is 1. The number of hydrogen-bond donors (Lipinski definition) is 1. The third-order valence-corrected chi connectivity index (χ3v) is 4.93. The van der Waals surface area contributed by atoms with Crippen molar-refractivity contribution in [2.24, 2.45) is 0 Å². The van der Waals surface area contributed by atoms with E-state index in [-0.39, 0.29) is 17.9 Å². The van der Waals surface area contributed by atoms with Gasteiger partial charge in [0.2, 0.25) is 0 Å². The van der Waals surface area contributed by atoms with Crippen molar-refractivity contribution in [2.45, 2.75) is 45.7 Å². The van der Waals surface area contributed by atoms with Gasteiger partial charge in [-0.2, -0.15) is 0 Å². The first-order valence-corrected chi connectivity index (χ1v) is 9.14. The maximum absolute atomic E-state index is 12.6. The van der Waals surface area contributed by atoms with Crippen LogP contribution in [0.25, 0.3) is 0 Å². The van der Waals surface area contributed by atoms with Gasteiger partial charge in [0.25, 0.3) is 5.91 Å². The molecular weight excluding hydrogens is 346 g/mol. The number of methoxy groups -OCH3 is 1. The van der Waals surface area contributed by atoms with E-state index in [9.17, 15) is 9.59 Å². The second-order valence-electron chi connectivity index (χ2n) is 6.86. The topological polar surface area (TPSA) is 84.7 Å². The van der Waals surface area contributed by atoms with Crippen molar-refractivity contribution >= 4 is 17.6 Å². The Kier molecular flexibility index (Phi) is 5.91. The van der Waals surface area contributed by atoms with Crippen LogP contribution < -0.4 is 5.32 Å². The highest BCUT2D eigenvalue weighted by molar-refractivity contribution is 6.04. The number of benzene rings is 1. The van der Waals surface area contributed by atoms with Crippen molar-refractivity contribution in [3.8, 4) is 0 Å². The molecule has 0 spiro atoms. The fraction of sp³-hybridized carbons (Fsp3) is 0.450. The Morgan fingerprint density at radius 2 is 2.15 bits per heavy atom. The Morgan fingerprint density at radius 1 is 1.33 bits per heavy atom. The number of likely N-dealkylation sites (tertiary alicyclic amines) is 1. The van der Waals surface area contributed by atoms with Crippen LogP contribution in [0.4, 0.5) is 5.69 Å². The van der Waals surface area contributed by atoms with E-state index in [1.54, 1.807) is 19.9 Å². The standard InChI is InChI=1S/C20H25N3O4/c1-13-18(14(2)27-22-13)21-19(24)16-8-6-7-15(11-16)12-23-10-5-4-9-17(23)20(25)26-3/h6-8,11,17H,4-5,9-10,12H2,1-3H3,(H,21,24). The van der Waals surface area contributed by atoms with Gasteiger partial charge in [-0.05, 0) is 50.9 Å². The number of carbonyl (C=O) groups is 2. The summed E-state index contributed by atoms with van der Waals surface area (Å²) in [5, 5.41) is 6.71. The third kappa shape index (κ3) is 4.36. The molecule has 1 N–H and O–H groups in total. The van der Waals surface area contributed by atoms with E-state index in [4.69, 9.17) is 9.26 Å². The lowest BCUT2D eigenvalue weighted by Crippen LogP contribution is -2.44. The second-order valence-corrected chi connectivity index (χ2v) is 6.86. The number of aryl methyl sites for hydroxylation is 2. The highest BCUT2D eigenvalue weighted by atomic mass is 16.5. The molecule has 2 aromatic rings. The third-order valence-electron chi connectivity index (χ3n) is 4.93. The van der Waals surface area contributed by atoms with Crippen LogP contribution in [0.5, 0.6) is 0 Å². The minimum absolute atomic E-state index is 0.193. The maximum atomic E-state index is 12.6. The van der Waals surface area contributed by atoms with Crippen molar-refractivity contribution in [3.63, 3.8) is 0 Å².